The van der Waals surface area contributed by atoms with Crippen molar-refractivity contribution in [3.63, 3.8) is 0 Å². The monoisotopic (exact) mass is 307 g/mol. The van der Waals surface area contributed by atoms with E-state index >= 15 is 0 Å². The molecule has 2 rings (SSSR count). The van der Waals surface area contributed by atoms with Crippen LogP contribution in [0.1, 0.15) is 0 Å². The number of alkyl halides is 2. The number of pyridine rings is 1. The minimum absolute atomic E-state index is 0.0924. The zero-order valence-corrected chi connectivity index (χ0v) is 10.7. The van der Waals surface area contributed by atoms with E-state index in [0.29, 0.717) is 5.56 Å². The topological polar surface area (TPSA) is 22.1 Å². The Morgan fingerprint density at radius 2 is 1.68 bits per heavy atom. The van der Waals surface area contributed by atoms with E-state index in [1.54, 1.807) is 0 Å². The molecule has 0 atom stereocenters. The Kier molecular flexibility index (Phi) is 4.17. The van der Waals surface area contributed by atoms with Crippen LogP contribution in [0.3, 0.4) is 0 Å². The van der Waals surface area contributed by atoms with Gasteiger partial charge < -0.3 is 4.74 Å². The van der Waals surface area contributed by atoms with Gasteiger partial charge in [-0.1, -0.05) is 23.2 Å². The molecule has 0 aliphatic rings. The minimum Gasteiger partial charge on any atom is -0.434 e. The highest BCUT2D eigenvalue weighted by molar-refractivity contribution is 6.32. The highest BCUT2D eigenvalue weighted by Gasteiger charge is 2.13. The molecule has 0 bridgehead atoms. The third kappa shape index (κ3) is 3.52. The van der Waals surface area contributed by atoms with Gasteiger partial charge in [0.05, 0.1) is 0 Å². The van der Waals surface area contributed by atoms with Gasteiger partial charge in [-0.3, -0.25) is 0 Å². The van der Waals surface area contributed by atoms with Gasteiger partial charge in [0.25, 0.3) is 0 Å². The van der Waals surface area contributed by atoms with E-state index in [0.717, 1.165) is 12.1 Å². The smallest absolute Gasteiger partial charge is 0.387 e. The summed E-state index contributed by atoms with van der Waals surface area (Å²) in [5, 5.41) is 0.185. The molecule has 7 heteroatoms. The molecule has 0 unspecified atom stereocenters. The first-order valence-electron chi connectivity index (χ1n) is 5.03. The fraction of sp³-hybridized carbons (Fsp3) is 0.0833. The number of aromatic nitrogens is 1. The van der Waals surface area contributed by atoms with E-state index in [4.69, 9.17) is 23.2 Å². The number of benzene rings is 1. The highest BCUT2D eigenvalue weighted by atomic mass is 35.5. The molecule has 0 spiro atoms. The molecule has 0 saturated heterocycles. The van der Waals surface area contributed by atoms with Crippen molar-refractivity contribution in [2.75, 3.05) is 0 Å². The minimum atomic E-state index is -3.06. The fourth-order valence-electron chi connectivity index (χ4n) is 1.55. The molecule has 100 valence electrons. The van der Waals surface area contributed by atoms with Crippen molar-refractivity contribution >= 4 is 23.2 Å². The van der Waals surface area contributed by atoms with Crippen LogP contribution in [0.5, 0.6) is 5.75 Å². The maximum atomic E-state index is 13.1. The lowest BCUT2D eigenvalue weighted by Crippen LogP contribution is -2.03. The standard InChI is InChI=1S/C12H6Cl2F3NO/c13-10-3-6(4-11(14)18-10)8-2-1-7(15)5-9(8)19-12(16)17/h1-5,12H. The van der Waals surface area contributed by atoms with Gasteiger partial charge in [-0.05, 0) is 29.8 Å². The maximum absolute atomic E-state index is 13.1. The van der Waals surface area contributed by atoms with Crippen LogP contribution >= 0.6 is 23.2 Å². The molecular weight excluding hydrogens is 302 g/mol. The summed E-state index contributed by atoms with van der Waals surface area (Å²) in [6.45, 7) is -3.06. The number of rotatable bonds is 3. The molecule has 2 nitrogen and oxygen atoms in total. The van der Waals surface area contributed by atoms with Crippen molar-refractivity contribution in [2.24, 2.45) is 0 Å². The molecule has 1 aromatic carbocycles. The fourth-order valence-corrected chi connectivity index (χ4v) is 2.01. The summed E-state index contributed by atoms with van der Waals surface area (Å²) in [5.41, 5.74) is 0.647. The molecule has 19 heavy (non-hydrogen) atoms. The van der Waals surface area contributed by atoms with Crippen LogP contribution in [0, 0.1) is 5.82 Å². The average molecular weight is 308 g/mol. The summed E-state index contributed by atoms with van der Waals surface area (Å²) >= 11 is 11.5. The molecule has 1 heterocycles. The quantitative estimate of drug-likeness (QED) is 0.760. The third-order valence-corrected chi connectivity index (χ3v) is 2.62. The Bertz CT molecular complexity index is 587. The molecule has 2 aromatic rings. The van der Waals surface area contributed by atoms with Gasteiger partial charge >= 0.3 is 6.61 Å². The second-order valence-electron chi connectivity index (χ2n) is 3.52. The van der Waals surface area contributed by atoms with Crippen LogP contribution in [0.15, 0.2) is 30.3 Å². The lowest BCUT2D eigenvalue weighted by molar-refractivity contribution is -0.0495. The summed E-state index contributed by atoms with van der Waals surface area (Å²) in [4.78, 5) is 3.74. The van der Waals surface area contributed by atoms with Gasteiger partial charge in [0.2, 0.25) is 0 Å². The van der Waals surface area contributed by atoms with Crippen molar-refractivity contribution in [3.05, 3.63) is 46.5 Å². The van der Waals surface area contributed by atoms with Gasteiger partial charge in [-0.2, -0.15) is 8.78 Å². The predicted molar refractivity (Wildman–Crippen MR) is 66.3 cm³/mol. The second kappa shape index (κ2) is 5.67. The molecule has 0 aliphatic heterocycles. The molecule has 0 amide bonds. The van der Waals surface area contributed by atoms with Crippen LogP contribution in [0.4, 0.5) is 13.2 Å². The lowest BCUT2D eigenvalue weighted by atomic mass is 10.1. The van der Waals surface area contributed by atoms with E-state index in [1.165, 1.54) is 18.2 Å². The van der Waals surface area contributed by atoms with E-state index in [2.05, 4.69) is 9.72 Å². The predicted octanol–water partition coefficient (Wildman–Crippen LogP) is 4.80. The molecular formula is C12H6Cl2F3NO. The van der Waals surface area contributed by atoms with Crippen molar-refractivity contribution in [3.8, 4) is 16.9 Å². The van der Waals surface area contributed by atoms with E-state index in [9.17, 15) is 13.2 Å². The first-order chi connectivity index (χ1) is 8.95. The first kappa shape index (κ1) is 14.0. The molecule has 0 N–H and O–H groups in total. The van der Waals surface area contributed by atoms with Gasteiger partial charge in [-0.15, -0.1) is 0 Å². The molecule has 1 aromatic heterocycles. The number of halogens is 5. The maximum Gasteiger partial charge on any atom is 0.387 e. The average Bonchev–Trinajstić information content (AvgIpc) is 2.26. The Morgan fingerprint density at radius 3 is 2.26 bits per heavy atom. The SMILES string of the molecule is Fc1ccc(-c2cc(Cl)nc(Cl)c2)c(OC(F)F)c1. The van der Waals surface area contributed by atoms with Crippen molar-refractivity contribution in [1.82, 2.24) is 4.98 Å². The van der Waals surface area contributed by atoms with Crippen LogP contribution in [0.2, 0.25) is 10.3 Å². The molecule has 0 saturated carbocycles. The number of ether oxygens (including phenoxy) is 1. The van der Waals surface area contributed by atoms with E-state index in [-0.39, 0.29) is 21.6 Å². The number of hydrogen-bond acceptors (Lipinski definition) is 2. The Hall–Kier alpha value is -1.46. The van der Waals surface area contributed by atoms with Crippen LogP contribution in [-0.2, 0) is 0 Å². The summed E-state index contributed by atoms with van der Waals surface area (Å²) in [6, 6.07) is 6.12. The second-order valence-corrected chi connectivity index (χ2v) is 4.29. The van der Waals surface area contributed by atoms with Crippen molar-refractivity contribution < 1.29 is 17.9 Å². The van der Waals surface area contributed by atoms with Gasteiger partial charge in [-0.25, -0.2) is 9.37 Å². The Balaban J connectivity index is 2.54. The lowest BCUT2D eigenvalue weighted by Gasteiger charge is -2.11. The van der Waals surface area contributed by atoms with Crippen LogP contribution < -0.4 is 4.74 Å². The Morgan fingerprint density at radius 1 is 1.05 bits per heavy atom. The van der Waals surface area contributed by atoms with Crippen molar-refractivity contribution in [2.45, 2.75) is 6.61 Å². The van der Waals surface area contributed by atoms with Crippen molar-refractivity contribution in [1.29, 1.82) is 0 Å². The third-order valence-electron chi connectivity index (χ3n) is 2.23. The van der Waals surface area contributed by atoms with Gasteiger partial charge in [0.15, 0.2) is 0 Å². The number of nitrogens with zero attached hydrogens (tertiary/aromatic N) is 1. The summed E-state index contributed by atoms with van der Waals surface area (Å²) < 4.78 is 42.0. The Labute approximate surface area is 116 Å². The van der Waals surface area contributed by atoms with E-state index in [1.807, 2.05) is 0 Å². The highest BCUT2D eigenvalue weighted by Crippen LogP contribution is 2.33. The first-order valence-corrected chi connectivity index (χ1v) is 5.79. The van der Waals surface area contributed by atoms with Crippen LogP contribution in [-0.4, -0.2) is 11.6 Å². The molecule has 0 fully saturated rings. The molecule has 0 aliphatic carbocycles. The summed E-state index contributed by atoms with van der Waals surface area (Å²) in [6.07, 6.45) is 0. The summed E-state index contributed by atoms with van der Waals surface area (Å²) in [7, 11) is 0. The zero-order valence-electron chi connectivity index (χ0n) is 9.21. The largest absolute Gasteiger partial charge is 0.434 e. The number of hydrogen-bond donors (Lipinski definition) is 0. The van der Waals surface area contributed by atoms with Crippen LogP contribution in [0.25, 0.3) is 11.1 Å². The van der Waals surface area contributed by atoms with E-state index < -0.39 is 12.4 Å². The zero-order chi connectivity index (χ0) is 14.0. The molecule has 0 radical (unpaired) electrons. The van der Waals surface area contributed by atoms with Gasteiger partial charge in [0.1, 0.15) is 21.9 Å². The van der Waals surface area contributed by atoms with Gasteiger partial charge in [0, 0.05) is 11.6 Å². The normalized spacial score (nSPS) is 10.8. The summed E-state index contributed by atoms with van der Waals surface area (Å²) in [5.74, 6) is -0.987.